The third kappa shape index (κ3) is 10.2. The lowest BCUT2D eigenvalue weighted by Crippen LogP contribution is -2.70. The molecule has 7 aliphatic heterocycles. The molecule has 6 saturated heterocycles. The molecule has 6 bridgehead atoms. The van der Waals surface area contributed by atoms with Crippen molar-refractivity contribution >= 4 is 40.0 Å². The van der Waals surface area contributed by atoms with Crippen LogP contribution in [0, 0.1) is 16.7 Å². The van der Waals surface area contributed by atoms with Gasteiger partial charge in [0, 0.05) is 96.9 Å². The molecule has 1 aromatic carbocycles. The molecule has 10 heterocycles. The molecule has 18 heteroatoms. The third-order valence-electron chi connectivity index (χ3n) is 16.7. The molecular weight excluding hydrogens is 949 g/mol. The molecule has 11 rings (SSSR count). The maximum atomic E-state index is 15.1. The van der Waals surface area contributed by atoms with E-state index in [1.165, 1.54) is 21.9 Å². The fourth-order valence-electron chi connectivity index (χ4n) is 12.2. The lowest BCUT2D eigenvalue weighted by Gasteiger charge is -2.58. The van der Waals surface area contributed by atoms with E-state index < -0.39 is 35.6 Å². The molecule has 3 aromatic heterocycles. The first-order valence-electron chi connectivity index (χ1n) is 26.8. The van der Waals surface area contributed by atoms with Gasteiger partial charge in [0.25, 0.3) is 5.91 Å². The van der Waals surface area contributed by atoms with Crippen LogP contribution in [-0.4, -0.2) is 165 Å². The normalized spacial score (nSPS) is 27.7. The minimum absolute atomic E-state index is 0.00648. The number of pyridine rings is 1. The molecule has 0 radical (unpaired) electrons. The van der Waals surface area contributed by atoms with Crippen LogP contribution in [0.1, 0.15) is 106 Å². The molecule has 0 aliphatic carbocycles. The van der Waals surface area contributed by atoms with E-state index in [-0.39, 0.29) is 42.0 Å². The van der Waals surface area contributed by atoms with E-state index in [4.69, 9.17) is 38.4 Å². The predicted molar refractivity (Wildman–Crippen MR) is 276 cm³/mol. The van der Waals surface area contributed by atoms with Crippen LogP contribution in [0.4, 0.5) is 0 Å². The number of piperidine rings is 1. The molecule has 0 saturated carbocycles. The number of aromatic nitrogens is 3. The molecule has 1 spiro atoms. The van der Waals surface area contributed by atoms with Crippen molar-refractivity contribution in [2.75, 3.05) is 93.1 Å². The molecule has 4 aromatic rings. The molecule has 7 aliphatic rings. The van der Waals surface area contributed by atoms with Gasteiger partial charge in [0.2, 0.25) is 5.91 Å². The Morgan fingerprint density at radius 3 is 2.53 bits per heavy atom. The van der Waals surface area contributed by atoms with Crippen LogP contribution in [-0.2, 0) is 55.8 Å². The summed E-state index contributed by atoms with van der Waals surface area (Å²) in [5, 5.41) is 8.58. The number of cyclic esters (lactones) is 1. The number of amides is 2. The van der Waals surface area contributed by atoms with Gasteiger partial charge in [-0.1, -0.05) is 26.8 Å². The fourth-order valence-corrected chi connectivity index (χ4v) is 13.2. The summed E-state index contributed by atoms with van der Waals surface area (Å²) in [5.41, 5.74) is 10.8. The Kier molecular flexibility index (Phi) is 14.6. The number of thiazole rings is 1. The van der Waals surface area contributed by atoms with E-state index >= 15 is 4.79 Å². The highest BCUT2D eigenvalue weighted by Gasteiger charge is 2.55. The highest BCUT2D eigenvalue weighted by atomic mass is 32.1. The average Bonchev–Trinajstić information content (AvgIpc) is 3.97. The molecular formula is C55H74N8O9S. The van der Waals surface area contributed by atoms with Crippen LogP contribution >= 0.6 is 11.3 Å². The number of hydrazine groups is 1. The van der Waals surface area contributed by atoms with Crippen LogP contribution in [0.25, 0.3) is 33.4 Å². The van der Waals surface area contributed by atoms with Crippen LogP contribution in [0.3, 0.4) is 0 Å². The van der Waals surface area contributed by atoms with Crippen molar-refractivity contribution in [3.8, 4) is 22.5 Å². The van der Waals surface area contributed by atoms with Crippen molar-refractivity contribution in [3.05, 3.63) is 57.7 Å². The van der Waals surface area contributed by atoms with Crippen LogP contribution in [0.2, 0.25) is 0 Å². The third-order valence-corrected chi connectivity index (χ3v) is 17.6. The number of methoxy groups -OCH3 is 1. The maximum Gasteiger partial charge on any atom is 0.324 e. The van der Waals surface area contributed by atoms with Crippen molar-refractivity contribution in [1.29, 1.82) is 0 Å². The summed E-state index contributed by atoms with van der Waals surface area (Å²) >= 11 is 1.50. The second kappa shape index (κ2) is 21.0. The van der Waals surface area contributed by atoms with Crippen LogP contribution in [0.15, 0.2) is 35.8 Å². The number of carbonyl (C=O) groups excluding carboxylic acids is 3. The summed E-state index contributed by atoms with van der Waals surface area (Å²) in [7, 11) is 3.94. The lowest BCUT2D eigenvalue weighted by atomic mass is 9.76. The number of ether oxygens (including phenoxy) is 6. The molecule has 394 valence electrons. The topological polar surface area (TPSA) is 171 Å². The van der Waals surface area contributed by atoms with Gasteiger partial charge in [0.05, 0.1) is 68.4 Å². The summed E-state index contributed by atoms with van der Waals surface area (Å²) in [5.74, 6) is -0.689. The zero-order valence-electron chi connectivity index (χ0n) is 43.5. The molecule has 0 unspecified atom stereocenters. The number of hydrogen-bond acceptors (Lipinski definition) is 15. The number of esters is 1. The number of hydrogen-bond donors (Lipinski definition) is 2. The van der Waals surface area contributed by atoms with Gasteiger partial charge >= 0.3 is 5.97 Å². The van der Waals surface area contributed by atoms with Crippen LogP contribution < -0.4 is 10.7 Å². The predicted octanol–water partition coefficient (Wildman–Crippen LogP) is 6.05. The monoisotopic (exact) mass is 1020 g/mol. The maximum absolute atomic E-state index is 15.1. The van der Waals surface area contributed by atoms with Crippen molar-refractivity contribution in [2.24, 2.45) is 16.7 Å². The average molecular weight is 1020 g/mol. The number of carbonyl (C=O) groups is 3. The van der Waals surface area contributed by atoms with E-state index in [2.05, 4.69) is 88.8 Å². The Morgan fingerprint density at radius 1 is 1.03 bits per heavy atom. The Balaban J connectivity index is 1.07. The Morgan fingerprint density at radius 2 is 1.82 bits per heavy atom. The van der Waals surface area contributed by atoms with Gasteiger partial charge in [-0.25, -0.2) is 10.4 Å². The van der Waals surface area contributed by atoms with E-state index in [0.717, 1.165) is 88.5 Å². The standard InChI is InChI=1S/C55H74N8O9S/c1-33-26-71-49(33)50(64)58-46-48(61-28-55(29-61)31-69-32-55)51-57-43(27-73-51)36-9-10-44-39(22-36)41(24-54(3,4)30-72-53(66)42-8-7-15-63(59-42)52(46)65)47(62(44)18-21-70-38-13-19-68-20-14-38)40-23-37(25-56-45(40)34(2)67-6)35-11-16-60(5)17-12-35/h9-10,22-23,25,27,33-35,38,42,46,48-49,59H,7-8,11-21,24,26,28-32H2,1-6H3,(H,58,64)/t33-,34-,42-,46-,48-,49-/m0/s1. The summed E-state index contributed by atoms with van der Waals surface area (Å²) < 4.78 is 38.6. The van der Waals surface area contributed by atoms with Crippen molar-refractivity contribution in [1.82, 2.24) is 40.1 Å². The van der Waals surface area contributed by atoms with E-state index in [1.54, 1.807) is 7.11 Å². The summed E-state index contributed by atoms with van der Waals surface area (Å²) in [6, 6.07) is 6.62. The first kappa shape index (κ1) is 50.8. The van der Waals surface area contributed by atoms with E-state index in [9.17, 15) is 9.59 Å². The van der Waals surface area contributed by atoms with Crippen molar-refractivity contribution in [2.45, 2.75) is 122 Å². The first-order chi connectivity index (χ1) is 35.3. The van der Waals surface area contributed by atoms with E-state index in [0.29, 0.717) is 91.0 Å². The second-order valence-electron chi connectivity index (χ2n) is 22.9. The first-order valence-corrected chi connectivity index (χ1v) is 27.6. The zero-order chi connectivity index (χ0) is 50.6. The molecule has 6 fully saturated rings. The number of nitrogens with zero attached hydrogens (tertiary/aromatic N) is 6. The fraction of sp³-hybridized carbons (Fsp3) is 0.655. The quantitative estimate of drug-likeness (QED) is 0.166. The number of nitrogens with one attached hydrogen (secondary N) is 2. The molecule has 2 amide bonds. The highest BCUT2D eigenvalue weighted by Crippen LogP contribution is 2.47. The van der Waals surface area contributed by atoms with Gasteiger partial charge in [-0.2, -0.15) is 0 Å². The number of rotatable bonds is 11. The molecule has 2 N–H and O–H groups in total. The molecule has 73 heavy (non-hydrogen) atoms. The van der Waals surface area contributed by atoms with Gasteiger partial charge in [0.1, 0.15) is 23.2 Å². The van der Waals surface area contributed by atoms with Gasteiger partial charge in [-0.05, 0) is 107 Å². The summed E-state index contributed by atoms with van der Waals surface area (Å²) in [4.78, 5) is 58.9. The van der Waals surface area contributed by atoms with E-state index in [1.807, 2.05) is 6.92 Å². The molecule has 6 atom stereocenters. The SMILES string of the molecule is CO[C@@H](C)c1ncc(C2CCN(C)CC2)cc1-c1c2c3cc(ccc3n1CCOC1CCOCC1)-c1csc(n1)[C@@H](N1CC3(COC3)C1)[C@H](NC(=O)[C@H]1OC[C@@H]1C)C(=O)N1CCC[C@H](N1)C(=O)OCC(C)(C)C2. The van der Waals surface area contributed by atoms with Gasteiger partial charge in [0.15, 0.2) is 0 Å². The highest BCUT2D eigenvalue weighted by molar-refractivity contribution is 7.10. The largest absolute Gasteiger partial charge is 0.464 e. The van der Waals surface area contributed by atoms with Crippen molar-refractivity contribution < 1.29 is 42.8 Å². The Hall–Kier alpha value is -4.37. The number of likely N-dealkylation sites (tertiary alicyclic amines) is 2. The van der Waals surface area contributed by atoms with Crippen LogP contribution in [0.5, 0.6) is 0 Å². The lowest BCUT2D eigenvalue weighted by molar-refractivity contribution is -0.203. The zero-order valence-corrected chi connectivity index (χ0v) is 44.3. The number of benzene rings is 1. The summed E-state index contributed by atoms with van der Waals surface area (Å²) in [6.07, 6.45) is 6.73. The molecule has 17 nitrogen and oxygen atoms in total. The van der Waals surface area contributed by atoms with Gasteiger partial charge in [-0.15, -0.1) is 11.3 Å². The minimum Gasteiger partial charge on any atom is -0.464 e. The Bertz CT molecular complexity index is 2660. The summed E-state index contributed by atoms with van der Waals surface area (Å²) in [6.45, 7) is 16.6. The smallest absolute Gasteiger partial charge is 0.324 e. The van der Waals surface area contributed by atoms with Crippen molar-refractivity contribution in [3.63, 3.8) is 0 Å². The van der Waals surface area contributed by atoms with Gasteiger partial charge in [-0.3, -0.25) is 29.3 Å². The minimum atomic E-state index is -1.03. The Labute approximate surface area is 432 Å². The second-order valence-corrected chi connectivity index (χ2v) is 23.8. The van der Waals surface area contributed by atoms with Gasteiger partial charge < -0.3 is 43.2 Å². The number of fused-ring (bicyclic) bond motifs is 6.